The fraction of sp³-hybridized carbons (Fsp3) is 0. The van der Waals surface area contributed by atoms with Gasteiger partial charge in [-0.3, -0.25) is 15.4 Å². The van der Waals surface area contributed by atoms with Crippen LogP contribution in [0, 0.1) is 27.4 Å². The Kier molecular flexibility index (Phi) is 2.40. The maximum atomic E-state index is 12.6. The lowest BCUT2D eigenvalue weighted by Gasteiger charge is -1.98. The van der Waals surface area contributed by atoms with Gasteiger partial charge in [0.2, 0.25) is 0 Å². The van der Waals surface area contributed by atoms with E-state index in [9.17, 15) is 14.5 Å². The molecule has 66 valence electrons. The largest absolute Gasteiger partial charge is 0.293 e. The van der Waals surface area contributed by atoms with Gasteiger partial charge in [0.15, 0.2) is 6.19 Å². The second-order valence-corrected chi connectivity index (χ2v) is 2.16. The van der Waals surface area contributed by atoms with Gasteiger partial charge in [-0.1, -0.05) is 0 Å². The second kappa shape index (κ2) is 3.49. The van der Waals surface area contributed by atoms with Crippen molar-refractivity contribution >= 4 is 11.4 Å². The van der Waals surface area contributed by atoms with E-state index in [4.69, 9.17) is 5.26 Å². The Morgan fingerprint density at radius 1 is 1.62 bits per heavy atom. The van der Waals surface area contributed by atoms with Crippen molar-refractivity contribution in [1.82, 2.24) is 0 Å². The van der Waals surface area contributed by atoms with Gasteiger partial charge in [0.05, 0.1) is 4.92 Å². The molecule has 0 fully saturated rings. The van der Waals surface area contributed by atoms with E-state index in [1.807, 2.05) is 5.32 Å². The number of benzene rings is 1. The average molecular weight is 181 g/mol. The zero-order valence-corrected chi connectivity index (χ0v) is 6.32. The first kappa shape index (κ1) is 8.93. The van der Waals surface area contributed by atoms with Crippen LogP contribution in [0.4, 0.5) is 15.8 Å². The topological polar surface area (TPSA) is 79.0 Å². The molecule has 13 heavy (non-hydrogen) atoms. The van der Waals surface area contributed by atoms with E-state index in [0.29, 0.717) is 0 Å². The Hall–Kier alpha value is -2.16. The smallest absolute Gasteiger partial charge is 0.286 e. The summed E-state index contributed by atoms with van der Waals surface area (Å²) in [6, 6.07) is 2.84. The minimum atomic E-state index is -0.695. The number of halogens is 1. The van der Waals surface area contributed by atoms with E-state index < -0.39 is 10.7 Å². The van der Waals surface area contributed by atoms with Gasteiger partial charge in [-0.2, -0.15) is 5.26 Å². The van der Waals surface area contributed by atoms with Crippen molar-refractivity contribution in [3.8, 4) is 6.19 Å². The molecule has 0 aromatic heterocycles. The number of nitriles is 1. The monoisotopic (exact) mass is 181 g/mol. The fourth-order valence-corrected chi connectivity index (χ4v) is 0.828. The lowest BCUT2D eigenvalue weighted by Crippen LogP contribution is -1.96. The number of hydrogen-bond acceptors (Lipinski definition) is 4. The van der Waals surface area contributed by atoms with Gasteiger partial charge < -0.3 is 0 Å². The first-order valence-electron chi connectivity index (χ1n) is 3.24. The van der Waals surface area contributed by atoms with Crippen LogP contribution in [0.2, 0.25) is 0 Å². The number of nitrogens with one attached hydrogen (secondary N) is 1. The van der Waals surface area contributed by atoms with Crippen molar-refractivity contribution in [3.05, 3.63) is 34.1 Å². The van der Waals surface area contributed by atoms with Crippen LogP contribution in [0.3, 0.4) is 0 Å². The quantitative estimate of drug-likeness (QED) is 0.325. The predicted octanol–water partition coefficient (Wildman–Crippen LogP) is 1.63. The van der Waals surface area contributed by atoms with E-state index in [1.54, 1.807) is 0 Å². The van der Waals surface area contributed by atoms with Crippen LogP contribution in [-0.2, 0) is 0 Å². The summed E-state index contributed by atoms with van der Waals surface area (Å²) in [5, 5.41) is 20.6. The van der Waals surface area contributed by atoms with E-state index in [0.717, 1.165) is 18.2 Å². The zero-order chi connectivity index (χ0) is 9.84. The van der Waals surface area contributed by atoms with Gasteiger partial charge in [-0.25, -0.2) is 4.39 Å². The normalized spacial score (nSPS) is 8.92. The van der Waals surface area contributed by atoms with Crippen molar-refractivity contribution in [3.63, 3.8) is 0 Å². The molecule has 0 saturated carbocycles. The van der Waals surface area contributed by atoms with E-state index >= 15 is 0 Å². The number of rotatable bonds is 2. The molecule has 0 heterocycles. The van der Waals surface area contributed by atoms with Crippen LogP contribution >= 0.6 is 0 Å². The highest BCUT2D eigenvalue weighted by molar-refractivity contribution is 5.63. The van der Waals surface area contributed by atoms with Gasteiger partial charge in [0, 0.05) is 12.1 Å². The van der Waals surface area contributed by atoms with Crippen LogP contribution in [0.15, 0.2) is 18.2 Å². The fourth-order valence-electron chi connectivity index (χ4n) is 0.828. The van der Waals surface area contributed by atoms with Crippen molar-refractivity contribution in [2.24, 2.45) is 0 Å². The van der Waals surface area contributed by atoms with Crippen molar-refractivity contribution in [1.29, 1.82) is 5.26 Å². The third-order valence-corrected chi connectivity index (χ3v) is 1.35. The molecular weight excluding hydrogens is 177 g/mol. The highest BCUT2D eigenvalue weighted by Crippen LogP contribution is 2.24. The molecule has 0 atom stereocenters. The zero-order valence-electron chi connectivity index (χ0n) is 6.32. The van der Waals surface area contributed by atoms with E-state index in [1.165, 1.54) is 6.19 Å². The minimum absolute atomic E-state index is 0.146. The van der Waals surface area contributed by atoms with E-state index in [2.05, 4.69) is 0 Å². The summed E-state index contributed by atoms with van der Waals surface area (Å²) < 4.78 is 12.6. The van der Waals surface area contributed by atoms with Gasteiger partial charge in [-0.05, 0) is 6.07 Å². The van der Waals surface area contributed by atoms with Crippen LogP contribution in [0.5, 0.6) is 0 Å². The molecule has 0 radical (unpaired) electrons. The SMILES string of the molecule is N#CNc1cc(F)ccc1[N+](=O)[O-]. The molecule has 1 aromatic carbocycles. The molecule has 0 amide bonds. The maximum absolute atomic E-state index is 12.6. The molecule has 1 N–H and O–H groups in total. The minimum Gasteiger partial charge on any atom is -0.286 e. The molecular formula is C7H4FN3O2. The molecule has 0 unspecified atom stereocenters. The van der Waals surface area contributed by atoms with Crippen molar-refractivity contribution in [2.75, 3.05) is 5.32 Å². The van der Waals surface area contributed by atoms with Gasteiger partial charge in [0.25, 0.3) is 5.69 Å². The van der Waals surface area contributed by atoms with Crippen molar-refractivity contribution in [2.45, 2.75) is 0 Å². The van der Waals surface area contributed by atoms with Crippen LogP contribution < -0.4 is 5.32 Å². The number of nitrogens with zero attached hydrogens (tertiary/aromatic N) is 2. The van der Waals surface area contributed by atoms with Gasteiger partial charge >= 0.3 is 0 Å². The lowest BCUT2D eigenvalue weighted by molar-refractivity contribution is -0.384. The molecule has 1 aromatic rings. The molecule has 1 rings (SSSR count). The molecule has 0 aliphatic carbocycles. The predicted molar refractivity (Wildman–Crippen MR) is 42.3 cm³/mol. The third kappa shape index (κ3) is 1.90. The summed E-state index contributed by atoms with van der Waals surface area (Å²) in [5.74, 6) is -0.636. The summed E-state index contributed by atoms with van der Waals surface area (Å²) in [5.41, 5.74) is -0.476. The summed E-state index contributed by atoms with van der Waals surface area (Å²) in [4.78, 5) is 9.65. The molecule has 6 heteroatoms. The molecule has 5 nitrogen and oxygen atoms in total. The Balaban J connectivity index is 3.20. The molecule has 0 saturated heterocycles. The van der Waals surface area contributed by atoms with Crippen molar-refractivity contribution < 1.29 is 9.31 Å². The lowest BCUT2D eigenvalue weighted by atomic mass is 10.2. The summed E-state index contributed by atoms with van der Waals surface area (Å²) in [6.07, 6.45) is 1.49. The van der Waals surface area contributed by atoms with Crippen LogP contribution in [-0.4, -0.2) is 4.92 Å². The molecule has 0 bridgehead atoms. The highest BCUT2D eigenvalue weighted by Gasteiger charge is 2.13. The highest BCUT2D eigenvalue weighted by atomic mass is 19.1. The third-order valence-electron chi connectivity index (χ3n) is 1.35. The first-order chi connectivity index (χ1) is 6.15. The number of hydrogen-bond donors (Lipinski definition) is 1. The Labute approximate surface area is 72.6 Å². The Morgan fingerprint density at radius 2 is 2.31 bits per heavy atom. The summed E-state index contributed by atoms with van der Waals surface area (Å²) in [7, 11) is 0. The maximum Gasteiger partial charge on any atom is 0.293 e. The standard InChI is InChI=1S/C7H4FN3O2/c8-5-1-2-7(11(12)13)6(3-5)10-4-9/h1-3,10H. The molecule has 0 spiro atoms. The summed E-state index contributed by atoms with van der Waals surface area (Å²) >= 11 is 0. The number of nitro groups is 1. The van der Waals surface area contributed by atoms with Crippen LogP contribution in [0.1, 0.15) is 0 Å². The average Bonchev–Trinajstić information content (AvgIpc) is 2.04. The first-order valence-corrected chi connectivity index (χ1v) is 3.24. The second-order valence-electron chi connectivity index (χ2n) is 2.16. The van der Waals surface area contributed by atoms with E-state index in [-0.39, 0.29) is 11.4 Å². The van der Waals surface area contributed by atoms with Crippen LogP contribution in [0.25, 0.3) is 0 Å². The molecule has 0 aliphatic heterocycles. The number of nitro benzene ring substituents is 1. The molecule has 0 aliphatic rings. The summed E-state index contributed by atoms with van der Waals surface area (Å²) in [6.45, 7) is 0. The van der Waals surface area contributed by atoms with Gasteiger partial charge in [-0.15, -0.1) is 0 Å². The van der Waals surface area contributed by atoms with Gasteiger partial charge in [0.1, 0.15) is 11.5 Å². The Bertz CT molecular complexity index is 386. The Morgan fingerprint density at radius 3 is 2.85 bits per heavy atom. The number of anilines is 1.